The molecule has 0 aliphatic carbocycles. The van der Waals surface area contributed by atoms with Crippen molar-refractivity contribution in [1.29, 1.82) is 0 Å². The van der Waals surface area contributed by atoms with Crippen LogP contribution in [0.1, 0.15) is 28.3 Å². The number of nitrogens with one attached hydrogen (secondary N) is 1. The lowest BCUT2D eigenvalue weighted by Crippen LogP contribution is -2.26. The van der Waals surface area contributed by atoms with Gasteiger partial charge in [0.05, 0.1) is 12.3 Å². The number of nitrogens with two attached hydrogens (primary N) is 1. The van der Waals surface area contributed by atoms with Crippen molar-refractivity contribution < 1.29 is 22.0 Å². The van der Waals surface area contributed by atoms with E-state index in [1.807, 2.05) is 0 Å². The molecule has 0 saturated carbocycles. The van der Waals surface area contributed by atoms with Crippen LogP contribution in [0.15, 0.2) is 5.38 Å². The van der Waals surface area contributed by atoms with E-state index in [1.54, 1.807) is 0 Å². The molecule has 1 amide bonds. The summed E-state index contributed by atoms with van der Waals surface area (Å²) in [5, 5.41) is 1.80. The third-order valence-corrected chi connectivity index (χ3v) is 4.34. The predicted octanol–water partition coefficient (Wildman–Crippen LogP) is 0.707. The summed E-state index contributed by atoms with van der Waals surface area (Å²) in [6.07, 6.45) is -3.08. The van der Waals surface area contributed by atoms with Crippen molar-refractivity contribution in [2.75, 3.05) is 5.75 Å². The topological polar surface area (TPSA) is 102 Å². The normalized spacial score (nSPS) is 11.9. The number of rotatable bonds is 8. The van der Waals surface area contributed by atoms with E-state index in [0.717, 1.165) is 11.3 Å². The Labute approximate surface area is 113 Å². The number of hydrogen-bond donors (Lipinski definition) is 2. The lowest BCUT2D eigenvalue weighted by atomic mass is 10.4. The average molecular weight is 313 g/mol. The van der Waals surface area contributed by atoms with Crippen molar-refractivity contribution in [3.63, 3.8) is 0 Å². The van der Waals surface area contributed by atoms with Gasteiger partial charge in [-0.3, -0.25) is 4.79 Å². The zero-order valence-electron chi connectivity index (χ0n) is 9.80. The number of nitrogens with zero attached hydrogens (tertiary/aromatic N) is 1. The van der Waals surface area contributed by atoms with E-state index >= 15 is 0 Å². The molecule has 19 heavy (non-hydrogen) atoms. The first-order valence-electron chi connectivity index (χ1n) is 5.30. The lowest BCUT2D eigenvalue weighted by Gasteiger charge is -2.04. The molecule has 0 saturated heterocycles. The molecule has 0 atom stereocenters. The minimum Gasteiger partial charge on any atom is -0.364 e. The van der Waals surface area contributed by atoms with E-state index in [0.29, 0.717) is 5.01 Å². The standard InChI is InChI=1S/C9H13F2N3O3S2/c10-7(11)2-1-3-19(16,17)13-4-8-14-6(5-18-8)9(12)15/h5,7,13H,1-4H2,(H2,12,15). The van der Waals surface area contributed by atoms with E-state index in [9.17, 15) is 22.0 Å². The smallest absolute Gasteiger partial charge is 0.268 e. The summed E-state index contributed by atoms with van der Waals surface area (Å²) in [6, 6.07) is 0. The second kappa shape index (κ2) is 6.87. The molecule has 0 aromatic carbocycles. The van der Waals surface area contributed by atoms with Crippen LogP contribution in [0.2, 0.25) is 0 Å². The quantitative estimate of drug-likeness (QED) is 0.737. The van der Waals surface area contributed by atoms with Gasteiger partial charge >= 0.3 is 0 Å². The molecule has 10 heteroatoms. The number of alkyl halides is 2. The van der Waals surface area contributed by atoms with Crippen molar-refractivity contribution in [2.45, 2.75) is 25.8 Å². The SMILES string of the molecule is NC(=O)c1csc(CNS(=O)(=O)CCCC(F)F)n1. The number of carbonyl (C=O) groups excluding carboxylic acids is 1. The summed E-state index contributed by atoms with van der Waals surface area (Å²) in [6.45, 7) is -0.0883. The first-order chi connectivity index (χ1) is 8.80. The summed E-state index contributed by atoms with van der Waals surface area (Å²) in [5.41, 5.74) is 5.07. The second-order valence-corrected chi connectivity index (χ2v) is 6.53. The van der Waals surface area contributed by atoms with Crippen LogP contribution in [0.25, 0.3) is 0 Å². The summed E-state index contributed by atoms with van der Waals surface area (Å²) >= 11 is 1.09. The van der Waals surface area contributed by atoms with Gasteiger partial charge in [-0.05, 0) is 6.42 Å². The van der Waals surface area contributed by atoms with Gasteiger partial charge < -0.3 is 5.73 Å². The van der Waals surface area contributed by atoms with Crippen LogP contribution in [-0.2, 0) is 16.6 Å². The van der Waals surface area contributed by atoms with E-state index in [2.05, 4.69) is 9.71 Å². The monoisotopic (exact) mass is 313 g/mol. The van der Waals surface area contributed by atoms with Crippen molar-refractivity contribution in [3.8, 4) is 0 Å². The van der Waals surface area contributed by atoms with Gasteiger partial charge in [-0.25, -0.2) is 26.9 Å². The van der Waals surface area contributed by atoms with E-state index in [1.165, 1.54) is 5.38 Å². The Morgan fingerprint density at radius 3 is 2.74 bits per heavy atom. The zero-order valence-corrected chi connectivity index (χ0v) is 11.4. The van der Waals surface area contributed by atoms with Crippen molar-refractivity contribution in [2.24, 2.45) is 5.73 Å². The first kappa shape index (κ1) is 15.9. The molecular formula is C9H13F2N3O3S2. The third-order valence-electron chi connectivity index (χ3n) is 2.08. The highest BCUT2D eigenvalue weighted by atomic mass is 32.2. The van der Waals surface area contributed by atoms with Crippen LogP contribution < -0.4 is 10.5 Å². The Hall–Kier alpha value is -1.13. The highest BCUT2D eigenvalue weighted by molar-refractivity contribution is 7.89. The Morgan fingerprint density at radius 2 is 2.21 bits per heavy atom. The fourth-order valence-corrected chi connectivity index (χ4v) is 3.04. The number of aromatic nitrogens is 1. The molecule has 0 fully saturated rings. The molecule has 0 aliphatic rings. The lowest BCUT2D eigenvalue weighted by molar-refractivity contribution is 0.0996. The second-order valence-electron chi connectivity index (χ2n) is 3.66. The van der Waals surface area contributed by atoms with Crippen LogP contribution in [0.3, 0.4) is 0 Å². The van der Waals surface area contributed by atoms with Crippen molar-refractivity contribution >= 4 is 27.3 Å². The highest BCUT2D eigenvalue weighted by Crippen LogP contribution is 2.10. The number of thiazole rings is 1. The largest absolute Gasteiger partial charge is 0.364 e. The molecule has 1 rings (SSSR count). The molecule has 0 spiro atoms. The Morgan fingerprint density at radius 1 is 1.53 bits per heavy atom. The minimum absolute atomic E-state index is 0.0666. The Bertz CT molecular complexity index is 531. The molecule has 108 valence electrons. The number of halogens is 2. The van der Waals surface area contributed by atoms with Gasteiger partial charge in [0.25, 0.3) is 5.91 Å². The van der Waals surface area contributed by atoms with Gasteiger partial charge in [0.1, 0.15) is 10.7 Å². The van der Waals surface area contributed by atoms with Crippen LogP contribution in [0.5, 0.6) is 0 Å². The van der Waals surface area contributed by atoms with Crippen LogP contribution in [-0.4, -0.2) is 31.5 Å². The molecule has 1 heterocycles. The van der Waals surface area contributed by atoms with Gasteiger partial charge in [0.15, 0.2) is 0 Å². The molecule has 6 nitrogen and oxygen atoms in total. The molecule has 0 aliphatic heterocycles. The van der Waals surface area contributed by atoms with Gasteiger partial charge in [-0.1, -0.05) is 0 Å². The summed E-state index contributed by atoms with van der Waals surface area (Å²) in [7, 11) is -3.62. The van der Waals surface area contributed by atoms with Crippen molar-refractivity contribution in [3.05, 3.63) is 16.1 Å². The van der Waals surface area contributed by atoms with E-state index < -0.39 is 28.8 Å². The van der Waals surface area contributed by atoms with E-state index in [4.69, 9.17) is 5.73 Å². The van der Waals surface area contributed by atoms with Gasteiger partial charge in [0.2, 0.25) is 16.4 Å². The molecule has 1 aromatic rings. The molecule has 0 unspecified atom stereocenters. The van der Waals surface area contributed by atoms with Crippen LogP contribution in [0.4, 0.5) is 8.78 Å². The first-order valence-corrected chi connectivity index (χ1v) is 7.83. The maximum absolute atomic E-state index is 11.9. The zero-order chi connectivity index (χ0) is 14.5. The minimum atomic E-state index is -3.62. The van der Waals surface area contributed by atoms with Crippen LogP contribution in [0, 0.1) is 0 Å². The maximum atomic E-state index is 11.9. The number of carbonyl (C=O) groups is 1. The highest BCUT2D eigenvalue weighted by Gasteiger charge is 2.13. The fraction of sp³-hybridized carbons (Fsp3) is 0.556. The van der Waals surface area contributed by atoms with Crippen molar-refractivity contribution in [1.82, 2.24) is 9.71 Å². The van der Waals surface area contributed by atoms with Gasteiger partial charge in [-0.2, -0.15) is 0 Å². The fourth-order valence-electron chi connectivity index (χ4n) is 1.18. The number of primary amides is 1. The molecule has 0 bridgehead atoms. The van der Waals surface area contributed by atoms with Gasteiger partial charge in [0, 0.05) is 11.8 Å². The van der Waals surface area contributed by atoms with E-state index in [-0.39, 0.29) is 24.4 Å². The Kier molecular flexibility index (Phi) is 5.76. The third kappa shape index (κ3) is 6.03. The van der Waals surface area contributed by atoms with Crippen LogP contribution >= 0.6 is 11.3 Å². The number of sulfonamides is 1. The predicted molar refractivity (Wildman–Crippen MR) is 66.5 cm³/mol. The summed E-state index contributed by atoms with van der Waals surface area (Å²) < 4.78 is 48.9. The number of amides is 1. The molecule has 0 radical (unpaired) electrons. The summed E-state index contributed by atoms with van der Waals surface area (Å²) in [5.74, 6) is -1.06. The Balaban J connectivity index is 2.43. The molecule has 3 N–H and O–H groups in total. The maximum Gasteiger partial charge on any atom is 0.268 e. The molecular weight excluding hydrogens is 300 g/mol. The number of hydrogen-bond acceptors (Lipinski definition) is 5. The van der Waals surface area contributed by atoms with Gasteiger partial charge in [-0.15, -0.1) is 11.3 Å². The summed E-state index contributed by atoms with van der Waals surface area (Å²) in [4.78, 5) is 14.6. The average Bonchev–Trinajstić information content (AvgIpc) is 2.74. The molecule has 1 aromatic heterocycles.